The molecule has 4 nitrogen and oxygen atoms in total. The Kier molecular flexibility index (Phi) is 8.49. The van der Waals surface area contributed by atoms with Gasteiger partial charge in [-0.2, -0.15) is 0 Å². The first-order chi connectivity index (χ1) is 13.6. The molecule has 1 aromatic carbocycles. The van der Waals surface area contributed by atoms with Gasteiger partial charge < -0.3 is 9.53 Å². The van der Waals surface area contributed by atoms with Gasteiger partial charge in [0.15, 0.2) is 9.84 Å². The lowest BCUT2D eigenvalue weighted by molar-refractivity contribution is 0.0859. The Morgan fingerprint density at radius 2 is 1.97 bits per heavy atom. The quantitative estimate of drug-likeness (QED) is 0.411. The minimum Gasteiger partial charge on any atom is -0.548 e. The summed E-state index contributed by atoms with van der Waals surface area (Å²) in [7, 11) is -5.23. The third-order valence-electron chi connectivity index (χ3n) is 5.04. The summed E-state index contributed by atoms with van der Waals surface area (Å²) in [6.45, 7) is 10.2. The normalized spacial score (nSPS) is 21.6. The van der Waals surface area contributed by atoms with E-state index in [9.17, 15) is 13.5 Å². The summed E-state index contributed by atoms with van der Waals surface area (Å²) in [6, 6.07) is 8.36. The lowest BCUT2D eigenvalue weighted by atomic mass is 9.77. The molecule has 0 spiro atoms. The van der Waals surface area contributed by atoms with E-state index in [0.29, 0.717) is 0 Å². The predicted molar refractivity (Wildman–Crippen MR) is 122 cm³/mol. The number of sulfone groups is 1. The van der Waals surface area contributed by atoms with E-state index < -0.39 is 24.3 Å². The number of hydrogen-bond acceptors (Lipinski definition) is 4. The van der Waals surface area contributed by atoms with E-state index in [1.54, 1.807) is 36.4 Å². The fourth-order valence-electron chi connectivity index (χ4n) is 3.78. The molecule has 1 aliphatic carbocycles. The van der Waals surface area contributed by atoms with Gasteiger partial charge in [-0.25, -0.2) is 8.42 Å². The molecule has 0 heterocycles. The summed E-state index contributed by atoms with van der Waals surface area (Å²) in [5.74, 6) is 0.736. The molecule has 6 heteroatoms. The van der Waals surface area contributed by atoms with Crippen LogP contribution < -0.4 is 0 Å². The highest BCUT2D eigenvalue weighted by Gasteiger charge is 2.34. The molecule has 29 heavy (non-hydrogen) atoms. The number of allylic oxidation sites excluding steroid dienone is 5. The Morgan fingerprint density at radius 1 is 1.28 bits per heavy atom. The maximum atomic E-state index is 12.7. The Bertz CT molecular complexity index is 822. The van der Waals surface area contributed by atoms with E-state index in [1.807, 2.05) is 6.08 Å². The van der Waals surface area contributed by atoms with Gasteiger partial charge in [0, 0.05) is 6.42 Å². The SMILES string of the molecule is C=C/C=C/CCC1C=C(O[Si](C)(C)C)CCC1C(O)CS(=O)(=O)c1ccccc1. The number of benzene rings is 1. The standard InChI is InChI=1S/C23H34O4SSi/c1-5-6-7-9-12-19-17-20(27-29(2,3)4)15-16-22(19)23(24)18-28(25,26)21-13-10-8-11-14-21/h5-8,10-11,13-14,17,19,22-24H,1,9,12,15-16,18H2,2-4H3/b7-6+. The van der Waals surface area contributed by atoms with Crippen molar-refractivity contribution >= 4 is 18.2 Å². The molecule has 1 aromatic rings. The average Bonchev–Trinajstić information content (AvgIpc) is 2.64. The molecule has 0 fully saturated rings. The number of aliphatic hydroxyl groups is 1. The van der Waals surface area contributed by atoms with E-state index in [0.717, 1.165) is 31.4 Å². The molecule has 1 N–H and O–H groups in total. The summed E-state index contributed by atoms with van der Waals surface area (Å²) < 4.78 is 31.7. The molecule has 0 aliphatic heterocycles. The molecular weight excluding hydrogens is 400 g/mol. The van der Waals surface area contributed by atoms with Crippen molar-refractivity contribution in [1.29, 1.82) is 0 Å². The van der Waals surface area contributed by atoms with Crippen molar-refractivity contribution in [2.75, 3.05) is 5.75 Å². The molecule has 3 atom stereocenters. The maximum Gasteiger partial charge on any atom is 0.241 e. The summed E-state index contributed by atoms with van der Waals surface area (Å²) in [4.78, 5) is 0.263. The Balaban J connectivity index is 2.16. The van der Waals surface area contributed by atoms with E-state index in [4.69, 9.17) is 4.43 Å². The van der Waals surface area contributed by atoms with Crippen molar-refractivity contribution in [3.8, 4) is 0 Å². The number of aliphatic hydroxyl groups excluding tert-OH is 1. The van der Waals surface area contributed by atoms with Crippen LogP contribution in [0, 0.1) is 11.8 Å². The highest BCUT2D eigenvalue weighted by Crippen LogP contribution is 2.36. The Labute approximate surface area is 177 Å². The second-order valence-corrected chi connectivity index (χ2v) is 15.1. The summed E-state index contributed by atoms with van der Waals surface area (Å²) in [6.07, 6.45) is 10.1. The monoisotopic (exact) mass is 434 g/mol. The first kappa shape index (κ1) is 23.6. The van der Waals surface area contributed by atoms with Gasteiger partial charge in [0.1, 0.15) is 0 Å². The third kappa shape index (κ3) is 7.61. The van der Waals surface area contributed by atoms with Crippen LogP contribution in [-0.2, 0) is 14.3 Å². The zero-order valence-electron chi connectivity index (χ0n) is 17.8. The van der Waals surface area contributed by atoms with Gasteiger partial charge in [-0.1, -0.05) is 43.0 Å². The van der Waals surface area contributed by atoms with Gasteiger partial charge in [0.2, 0.25) is 8.32 Å². The second-order valence-electron chi connectivity index (χ2n) is 8.62. The lowest BCUT2D eigenvalue weighted by Gasteiger charge is -2.35. The van der Waals surface area contributed by atoms with Gasteiger partial charge in [-0.3, -0.25) is 0 Å². The minimum atomic E-state index is -3.53. The van der Waals surface area contributed by atoms with Crippen molar-refractivity contribution in [1.82, 2.24) is 0 Å². The van der Waals surface area contributed by atoms with E-state index >= 15 is 0 Å². The van der Waals surface area contributed by atoms with Gasteiger partial charge in [0.25, 0.3) is 0 Å². The molecule has 160 valence electrons. The van der Waals surface area contributed by atoms with Crippen LogP contribution in [0.4, 0.5) is 0 Å². The summed E-state index contributed by atoms with van der Waals surface area (Å²) in [5, 5.41) is 10.9. The second kappa shape index (κ2) is 10.4. The van der Waals surface area contributed by atoms with Crippen molar-refractivity contribution in [2.45, 2.75) is 56.3 Å². The molecule has 0 saturated carbocycles. The highest BCUT2D eigenvalue weighted by molar-refractivity contribution is 7.91. The number of hydrogen-bond donors (Lipinski definition) is 1. The van der Waals surface area contributed by atoms with Crippen molar-refractivity contribution in [3.63, 3.8) is 0 Å². The van der Waals surface area contributed by atoms with E-state index in [1.165, 1.54) is 0 Å². The van der Waals surface area contributed by atoms with E-state index in [2.05, 4.69) is 38.4 Å². The topological polar surface area (TPSA) is 63.6 Å². The zero-order chi connectivity index (χ0) is 21.5. The van der Waals surface area contributed by atoms with Crippen LogP contribution in [0.15, 0.2) is 71.9 Å². The first-order valence-electron chi connectivity index (χ1n) is 10.3. The minimum absolute atomic E-state index is 0.0885. The molecular formula is C23H34O4SSi. The molecule has 0 aromatic heterocycles. The van der Waals surface area contributed by atoms with Crippen molar-refractivity contribution < 1.29 is 18.0 Å². The van der Waals surface area contributed by atoms with Crippen LogP contribution in [0.25, 0.3) is 0 Å². The third-order valence-corrected chi connectivity index (χ3v) is 7.68. The summed E-state index contributed by atoms with van der Waals surface area (Å²) in [5.41, 5.74) is 0. The molecule has 0 bridgehead atoms. The van der Waals surface area contributed by atoms with Crippen LogP contribution in [0.5, 0.6) is 0 Å². The van der Waals surface area contributed by atoms with Crippen molar-refractivity contribution in [2.24, 2.45) is 11.8 Å². The molecule has 1 aliphatic rings. The van der Waals surface area contributed by atoms with Gasteiger partial charge in [0.05, 0.1) is 22.5 Å². The Hall–Kier alpha value is -1.63. The average molecular weight is 435 g/mol. The van der Waals surface area contributed by atoms with Gasteiger partial charge in [-0.05, 0) is 68.9 Å². The molecule has 0 radical (unpaired) electrons. The van der Waals surface area contributed by atoms with Crippen molar-refractivity contribution in [3.05, 3.63) is 67.0 Å². The van der Waals surface area contributed by atoms with Crippen LogP contribution in [0.1, 0.15) is 25.7 Å². The molecule has 3 unspecified atom stereocenters. The van der Waals surface area contributed by atoms with Crippen LogP contribution >= 0.6 is 0 Å². The first-order valence-corrected chi connectivity index (χ1v) is 15.3. The largest absolute Gasteiger partial charge is 0.548 e. The lowest BCUT2D eigenvalue weighted by Crippen LogP contribution is -2.36. The predicted octanol–water partition coefficient (Wildman–Crippen LogP) is 5.11. The molecule has 0 amide bonds. The van der Waals surface area contributed by atoms with Gasteiger partial charge in [-0.15, -0.1) is 0 Å². The summed E-state index contributed by atoms with van der Waals surface area (Å²) >= 11 is 0. The fraction of sp³-hybridized carbons (Fsp3) is 0.478. The smallest absolute Gasteiger partial charge is 0.241 e. The van der Waals surface area contributed by atoms with Crippen LogP contribution in [0.3, 0.4) is 0 Å². The molecule has 0 saturated heterocycles. The zero-order valence-corrected chi connectivity index (χ0v) is 19.6. The van der Waals surface area contributed by atoms with Gasteiger partial charge >= 0.3 is 0 Å². The number of rotatable bonds is 10. The molecule has 2 rings (SSSR count). The van der Waals surface area contributed by atoms with E-state index in [-0.39, 0.29) is 22.5 Å². The van der Waals surface area contributed by atoms with Crippen LogP contribution in [0.2, 0.25) is 19.6 Å². The van der Waals surface area contributed by atoms with Crippen LogP contribution in [-0.4, -0.2) is 33.7 Å². The fourth-order valence-corrected chi connectivity index (χ4v) is 6.19. The highest BCUT2D eigenvalue weighted by atomic mass is 32.2. The Morgan fingerprint density at radius 3 is 2.59 bits per heavy atom. The maximum absolute atomic E-state index is 12.7.